The lowest BCUT2D eigenvalue weighted by Crippen LogP contribution is -2.36. The molecule has 0 aromatic heterocycles. The molecule has 0 saturated carbocycles. The van der Waals surface area contributed by atoms with Crippen LogP contribution in [0, 0.1) is 0 Å². The second-order valence-electron chi connectivity index (χ2n) is 7.05. The summed E-state index contributed by atoms with van der Waals surface area (Å²) in [5.74, 6) is -1.21. The summed E-state index contributed by atoms with van der Waals surface area (Å²) in [6.45, 7) is 3.31. The highest BCUT2D eigenvalue weighted by atomic mass is 19.4. The highest BCUT2D eigenvalue weighted by Crippen LogP contribution is 2.34. The van der Waals surface area contributed by atoms with Crippen LogP contribution in [0.5, 0.6) is 0 Å². The lowest BCUT2D eigenvalue weighted by Gasteiger charge is -2.28. The number of carbonyl (C=O) groups excluding carboxylic acids is 2. The normalized spacial score (nSPS) is 15.2. The van der Waals surface area contributed by atoms with Crippen LogP contribution in [0.25, 0.3) is 0 Å². The molecule has 1 atom stereocenters. The number of rotatable bonds is 10. The first kappa shape index (κ1) is 24.3. The Morgan fingerprint density at radius 1 is 1.26 bits per heavy atom. The van der Waals surface area contributed by atoms with E-state index in [1.807, 2.05) is 0 Å². The molecule has 8 nitrogen and oxygen atoms in total. The quantitative estimate of drug-likeness (QED) is 0.537. The Morgan fingerprint density at radius 2 is 2.00 bits per heavy atom. The zero-order valence-electron chi connectivity index (χ0n) is 17.2. The van der Waals surface area contributed by atoms with Crippen LogP contribution in [-0.2, 0) is 15.7 Å². The first-order valence-corrected chi connectivity index (χ1v) is 9.98. The minimum absolute atomic E-state index is 0.131. The van der Waals surface area contributed by atoms with E-state index in [4.69, 9.17) is 4.74 Å². The summed E-state index contributed by atoms with van der Waals surface area (Å²) in [5.41, 5.74) is -0.760. The number of amides is 3. The Bertz CT molecular complexity index is 788. The van der Waals surface area contributed by atoms with Gasteiger partial charge in [-0.2, -0.15) is 13.2 Å². The van der Waals surface area contributed by atoms with E-state index in [2.05, 4.69) is 5.32 Å². The fourth-order valence-electron chi connectivity index (χ4n) is 3.39. The molecule has 1 aliphatic rings. The maximum absolute atomic E-state index is 13.1. The predicted molar refractivity (Wildman–Crippen MR) is 104 cm³/mol. The highest BCUT2D eigenvalue weighted by molar-refractivity contribution is 5.78. The highest BCUT2D eigenvalue weighted by Gasteiger charge is 2.37. The third-order valence-corrected chi connectivity index (χ3v) is 4.87. The lowest BCUT2D eigenvalue weighted by molar-refractivity contribution is -0.138. The zero-order chi connectivity index (χ0) is 23.0. The molecule has 2 N–H and O–H groups in total. The van der Waals surface area contributed by atoms with Gasteiger partial charge in [-0.05, 0) is 37.5 Å². The second kappa shape index (κ2) is 10.9. The SMILES string of the molecule is CCOC(=O)NCCCCN1CCN([C@@H](CC(=O)O)c2cccc(C(F)(F)F)c2)C1=O. The topological polar surface area (TPSA) is 99.2 Å². The zero-order valence-corrected chi connectivity index (χ0v) is 17.2. The molecular formula is C20H26F3N3O5. The molecule has 1 aromatic rings. The first-order valence-electron chi connectivity index (χ1n) is 9.98. The summed E-state index contributed by atoms with van der Waals surface area (Å²) < 4.78 is 43.9. The number of halogens is 3. The van der Waals surface area contributed by atoms with Gasteiger partial charge in [0, 0.05) is 26.2 Å². The van der Waals surface area contributed by atoms with Crippen LogP contribution in [0.3, 0.4) is 0 Å². The molecule has 0 bridgehead atoms. The van der Waals surface area contributed by atoms with Crippen molar-refractivity contribution in [3.05, 3.63) is 35.4 Å². The molecule has 2 rings (SSSR count). The minimum atomic E-state index is -4.57. The average Bonchev–Trinajstić information content (AvgIpc) is 3.05. The Balaban J connectivity index is 2.00. The van der Waals surface area contributed by atoms with Gasteiger partial charge in [0.1, 0.15) is 0 Å². The third-order valence-electron chi connectivity index (χ3n) is 4.87. The van der Waals surface area contributed by atoms with Crippen molar-refractivity contribution in [3.8, 4) is 0 Å². The van der Waals surface area contributed by atoms with E-state index < -0.39 is 42.3 Å². The first-order chi connectivity index (χ1) is 14.6. The van der Waals surface area contributed by atoms with E-state index in [-0.39, 0.29) is 18.7 Å². The Labute approximate surface area is 177 Å². The summed E-state index contributed by atoms with van der Waals surface area (Å²) in [4.78, 5) is 38.2. The molecule has 1 saturated heterocycles. The molecule has 31 heavy (non-hydrogen) atoms. The third kappa shape index (κ3) is 7.04. The molecule has 1 heterocycles. The number of ether oxygens (including phenoxy) is 1. The molecule has 0 aliphatic carbocycles. The minimum Gasteiger partial charge on any atom is -0.481 e. The van der Waals surface area contributed by atoms with Gasteiger partial charge in [0.2, 0.25) is 0 Å². The molecule has 1 aromatic carbocycles. The number of carboxylic acids is 1. The lowest BCUT2D eigenvalue weighted by atomic mass is 10.00. The molecule has 0 unspecified atom stereocenters. The van der Waals surface area contributed by atoms with Crippen LogP contribution in [0.4, 0.5) is 22.8 Å². The molecule has 1 aliphatic heterocycles. The van der Waals surface area contributed by atoms with Crippen LogP contribution in [0.1, 0.15) is 43.4 Å². The summed E-state index contributed by atoms with van der Waals surface area (Å²) in [6.07, 6.45) is -4.37. The van der Waals surface area contributed by atoms with Crippen LogP contribution >= 0.6 is 0 Å². The van der Waals surface area contributed by atoms with Gasteiger partial charge in [0.05, 0.1) is 24.6 Å². The number of carbonyl (C=O) groups is 3. The van der Waals surface area contributed by atoms with Crippen molar-refractivity contribution >= 4 is 18.1 Å². The number of benzene rings is 1. The van der Waals surface area contributed by atoms with Crippen molar-refractivity contribution in [3.63, 3.8) is 0 Å². The fraction of sp³-hybridized carbons (Fsp3) is 0.550. The molecular weight excluding hydrogens is 419 g/mol. The summed E-state index contributed by atoms with van der Waals surface area (Å²) in [7, 11) is 0. The predicted octanol–water partition coefficient (Wildman–Crippen LogP) is 3.49. The number of carboxylic acid groups (broad SMARTS) is 1. The van der Waals surface area contributed by atoms with Gasteiger partial charge in [-0.25, -0.2) is 9.59 Å². The van der Waals surface area contributed by atoms with Crippen molar-refractivity contribution < 1.29 is 37.4 Å². The number of unbranched alkanes of at least 4 members (excludes halogenated alkanes) is 1. The van der Waals surface area contributed by atoms with Gasteiger partial charge in [-0.1, -0.05) is 12.1 Å². The van der Waals surface area contributed by atoms with Gasteiger partial charge in [0.15, 0.2) is 0 Å². The average molecular weight is 445 g/mol. The van der Waals surface area contributed by atoms with Gasteiger partial charge in [-0.3, -0.25) is 4.79 Å². The summed E-state index contributed by atoms with van der Waals surface area (Å²) >= 11 is 0. The monoisotopic (exact) mass is 445 g/mol. The van der Waals surface area contributed by atoms with Gasteiger partial charge in [0.25, 0.3) is 0 Å². The molecule has 172 valence electrons. The number of hydrogen-bond donors (Lipinski definition) is 2. The second-order valence-corrected chi connectivity index (χ2v) is 7.05. The maximum atomic E-state index is 13.1. The van der Waals surface area contributed by atoms with Crippen molar-refractivity contribution in [2.24, 2.45) is 0 Å². The number of urea groups is 1. The number of aliphatic carboxylic acids is 1. The molecule has 11 heteroatoms. The van der Waals surface area contributed by atoms with E-state index in [0.29, 0.717) is 32.5 Å². The number of hydrogen-bond acceptors (Lipinski definition) is 4. The number of nitrogens with one attached hydrogen (secondary N) is 1. The fourth-order valence-corrected chi connectivity index (χ4v) is 3.39. The molecule has 3 amide bonds. The molecule has 0 spiro atoms. The maximum Gasteiger partial charge on any atom is 0.416 e. The summed E-state index contributed by atoms with van der Waals surface area (Å²) in [5, 5.41) is 11.8. The largest absolute Gasteiger partial charge is 0.481 e. The number of nitrogens with zero attached hydrogens (tertiary/aromatic N) is 2. The van der Waals surface area contributed by atoms with Crippen LogP contribution in [-0.4, -0.2) is 65.8 Å². The van der Waals surface area contributed by atoms with E-state index in [1.54, 1.807) is 6.92 Å². The van der Waals surface area contributed by atoms with Gasteiger partial charge >= 0.3 is 24.3 Å². The van der Waals surface area contributed by atoms with E-state index in [0.717, 1.165) is 12.1 Å². The number of alkyl halides is 3. The molecule has 0 radical (unpaired) electrons. The van der Waals surface area contributed by atoms with Crippen molar-refractivity contribution in [2.75, 3.05) is 32.8 Å². The van der Waals surface area contributed by atoms with Crippen molar-refractivity contribution in [1.82, 2.24) is 15.1 Å². The van der Waals surface area contributed by atoms with Crippen LogP contribution in [0.2, 0.25) is 0 Å². The standard InChI is InChI=1S/C20H26F3N3O5/c1-2-31-18(29)24-8-3-4-9-25-10-11-26(19(25)30)16(13-17(27)28)14-6-5-7-15(12-14)20(21,22)23/h5-7,12,16H,2-4,8-11,13H2,1H3,(H,24,29)(H,27,28)/t16-/m0/s1. The number of alkyl carbamates (subject to hydrolysis) is 1. The Kier molecular flexibility index (Phi) is 8.52. The summed E-state index contributed by atoms with van der Waals surface area (Å²) in [6, 6.07) is 3.00. The van der Waals surface area contributed by atoms with Crippen LogP contribution in [0.15, 0.2) is 24.3 Å². The molecule has 1 fully saturated rings. The van der Waals surface area contributed by atoms with Crippen LogP contribution < -0.4 is 5.32 Å². The van der Waals surface area contributed by atoms with E-state index in [1.165, 1.54) is 21.9 Å². The van der Waals surface area contributed by atoms with Gasteiger partial charge in [-0.15, -0.1) is 0 Å². The van der Waals surface area contributed by atoms with E-state index >= 15 is 0 Å². The Morgan fingerprint density at radius 3 is 2.65 bits per heavy atom. The van der Waals surface area contributed by atoms with Gasteiger partial charge < -0.3 is 25.0 Å². The van der Waals surface area contributed by atoms with Crippen molar-refractivity contribution in [2.45, 2.75) is 38.4 Å². The van der Waals surface area contributed by atoms with E-state index in [9.17, 15) is 32.7 Å². The van der Waals surface area contributed by atoms with Crippen molar-refractivity contribution in [1.29, 1.82) is 0 Å². The Hall–Kier alpha value is -2.98. The smallest absolute Gasteiger partial charge is 0.416 e.